The Morgan fingerprint density at radius 3 is 2.42 bits per heavy atom. The van der Waals surface area contributed by atoms with Crippen LogP contribution in [0.1, 0.15) is 46.5 Å². The van der Waals surface area contributed by atoms with Crippen LogP contribution in [0.5, 0.6) is 0 Å². The molecule has 0 spiro atoms. The number of aliphatic hydroxyl groups is 1. The maximum absolute atomic E-state index is 9.75. The molecule has 0 radical (unpaired) electrons. The first-order valence-electron chi connectivity index (χ1n) is 4.92. The first-order chi connectivity index (χ1) is 5.62. The molecule has 0 amide bonds. The van der Waals surface area contributed by atoms with Crippen LogP contribution < -0.4 is 0 Å². The lowest BCUT2D eigenvalue weighted by Crippen LogP contribution is -2.30. The number of hydrogen-bond donors (Lipinski definition) is 1. The van der Waals surface area contributed by atoms with E-state index in [9.17, 15) is 5.11 Å². The van der Waals surface area contributed by atoms with E-state index in [-0.39, 0.29) is 0 Å². The third kappa shape index (κ3) is 6.62. The normalized spacial score (nSPS) is 16.0. The topological polar surface area (TPSA) is 29.5 Å². The molecule has 0 heterocycles. The average Bonchev–Trinajstić information content (AvgIpc) is 2.01. The molecule has 1 N–H and O–H groups in total. The van der Waals surface area contributed by atoms with E-state index in [0.717, 1.165) is 12.8 Å². The molecule has 0 aromatic heterocycles. The second-order valence-corrected chi connectivity index (χ2v) is 3.59. The number of ether oxygens (including phenoxy) is 1. The SMILES string of the molecule is CCCCCC(C)(O)COCC. The third-order valence-electron chi connectivity index (χ3n) is 1.94. The zero-order valence-corrected chi connectivity index (χ0v) is 8.60. The van der Waals surface area contributed by atoms with Gasteiger partial charge in [0.15, 0.2) is 0 Å². The number of unbranched alkanes of at least 4 members (excludes halogenated alkanes) is 2. The Morgan fingerprint density at radius 1 is 1.25 bits per heavy atom. The van der Waals surface area contributed by atoms with Crippen molar-refractivity contribution >= 4 is 0 Å². The Kier molecular flexibility index (Phi) is 6.39. The summed E-state index contributed by atoms with van der Waals surface area (Å²) in [5.41, 5.74) is -0.620. The van der Waals surface area contributed by atoms with Gasteiger partial charge < -0.3 is 9.84 Å². The van der Waals surface area contributed by atoms with Crippen LogP contribution in [0, 0.1) is 0 Å². The summed E-state index contributed by atoms with van der Waals surface area (Å²) in [6.45, 7) is 7.11. The smallest absolute Gasteiger partial charge is 0.0852 e. The van der Waals surface area contributed by atoms with Gasteiger partial charge in [-0.1, -0.05) is 26.2 Å². The molecule has 12 heavy (non-hydrogen) atoms. The van der Waals surface area contributed by atoms with Gasteiger partial charge >= 0.3 is 0 Å². The van der Waals surface area contributed by atoms with Crippen LogP contribution in [0.4, 0.5) is 0 Å². The van der Waals surface area contributed by atoms with Crippen molar-refractivity contribution in [3.05, 3.63) is 0 Å². The van der Waals surface area contributed by atoms with Gasteiger partial charge in [0.2, 0.25) is 0 Å². The van der Waals surface area contributed by atoms with E-state index in [4.69, 9.17) is 4.74 Å². The van der Waals surface area contributed by atoms with E-state index < -0.39 is 5.60 Å². The predicted molar refractivity (Wildman–Crippen MR) is 51.3 cm³/mol. The fourth-order valence-corrected chi connectivity index (χ4v) is 1.15. The lowest BCUT2D eigenvalue weighted by atomic mass is 10.00. The minimum absolute atomic E-state index is 0.465. The van der Waals surface area contributed by atoms with Crippen molar-refractivity contribution in [3.63, 3.8) is 0 Å². The minimum atomic E-state index is -0.620. The first kappa shape index (κ1) is 11.9. The van der Waals surface area contributed by atoms with Crippen LogP contribution >= 0.6 is 0 Å². The number of hydrogen-bond acceptors (Lipinski definition) is 2. The largest absolute Gasteiger partial charge is 0.388 e. The van der Waals surface area contributed by atoms with Crippen LogP contribution in [0.2, 0.25) is 0 Å². The highest BCUT2D eigenvalue weighted by Gasteiger charge is 2.19. The van der Waals surface area contributed by atoms with Crippen molar-refractivity contribution in [2.75, 3.05) is 13.2 Å². The van der Waals surface area contributed by atoms with Crippen molar-refractivity contribution in [1.82, 2.24) is 0 Å². The van der Waals surface area contributed by atoms with Gasteiger partial charge in [0.05, 0.1) is 12.2 Å². The van der Waals surface area contributed by atoms with Gasteiger partial charge in [-0.15, -0.1) is 0 Å². The molecule has 0 aliphatic rings. The summed E-state index contributed by atoms with van der Waals surface area (Å²) in [5, 5.41) is 9.75. The van der Waals surface area contributed by atoms with Crippen molar-refractivity contribution < 1.29 is 9.84 Å². The van der Waals surface area contributed by atoms with Crippen molar-refractivity contribution in [2.24, 2.45) is 0 Å². The first-order valence-corrected chi connectivity index (χ1v) is 4.92. The molecule has 1 atom stereocenters. The fourth-order valence-electron chi connectivity index (χ4n) is 1.15. The molecular formula is C10H22O2. The molecule has 0 saturated carbocycles. The zero-order valence-electron chi connectivity index (χ0n) is 8.60. The summed E-state index contributed by atoms with van der Waals surface area (Å²) >= 11 is 0. The van der Waals surface area contributed by atoms with E-state index in [1.54, 1.807) is 0 Å². The predicted octanol–water partition coefficient (Wildman–Crippen LogP) is 2.35. The Bertz CT molecular complexity index is 100. The molecule has 74 valence electrons. The van der Waals surface area contributed by atoms with Gasteiger partial charge in [-0.05, 0) is 20.3 Å². The Hall–Kier alpha value is -0.0800. The summed E-state index contributed by atoms with van der Waals surface area (Å²) in [6.07, 6.45) is 4.34. The molecular weight excluding hydrogens is 152 g/mol. The molecule has 0 rings (SSSR count). The van der Waals surface area contributed by atoms with Crippen molar-refractivity contribution in [1.29, 1.82) is 0 Å². The van der Waals surface area contributed by atoms with Crippen LogP contribution in [0.25, 0.3) is 0 Å². The summed E-state index contributed by atoms with van der Waals surface area (Å²) in [4.78, 5) is 0. The fraction of sp³-hybridized carbons (Fsp3) is 1.00. The molecule has 0 aromatic carbocycles. The van der Waals surface area contributed by atoms with Crippen LogP contribution in [-0.2, 0) is 4.74 Å². The second-order valence-electron chi connectivity index (χ2n) is 3.59. The summed E-state index contributed by atoms with van der Waals surface area (Å²) in [6, 6.07) is 0. The van der Waals surface area contributed by atoms with E-state index in [0.29, 0.717) is 13.2 Å². The molecule has 2 nitrogen and oxygen atoms in total. The molecule has 2 heteroatoms. The van der Waals surface area contributed by atoms with Gasteiger partial charge in [0.25, 0.3) is 0 Å². The summed E-state index contributed by atoms with van der Waals surface area (Å²) < 4.78 is 5.18. The molecule has 0 aromatic rings. The van der Waals surface area contributed by atoms with Gasteiger partial charge in [0.1, 0.15) is 0 Å². The highest BCUT2D eigenvalue weighted by atomic mass is 16.5. The maximum atomic E-state index is 9.75. The van der Waals surface area contributed by atoms with E-state index in [1.165, 1.54) is 12.8 Å². The Labute approximate surface area is 75.9 Å². The zero-order chi connectivity index (χ0) is 9.45. The van der Waals surface area contributed by atoms with Gasteiger partial charge in [-0.3, -0.25) is 0 Å². The van der Waals surface area contributed by atoms with Crippen LogP contribution in [0.15, 0.2) is 0 Å². The second kappa shape index (κ2) is 6.44. The van der Waals surface area contributed by atoms with Crippen LogP contribution in [-0.4, -0.2) is 23.9 Å². The average molecular weight is 174 g/mol. The molecule has 0 bridgehead atoms. The number of rotatable bonds is 7. The quantitative estimate of drug-likeness (QED) is 0.600. The van der Waals surface area contributed by atoms with E-state index in [1.807, 2.05) is 13.8 Å². The minimum Gasteiger partial charge on any atom is -0.388 e. The lowest BCUT2D eigenvalue weighted by Gasteiger charge is -2.22. The summed E-state index contributed by atoms with van der Waals surface area (Å²) in [7, 11) is 0. The summed E-state index contributed by atoms with van der Waals surface area (Å²) in [5.74, 6) is 0. The highest BCUT2D eigenvalue weighted by Crippen LogP contribution is 2.14. The van der Waals surface area contributed by atoms with Gasteiger partial charge in [0, 0.05) is 6.61 Å². The standard InChI is InChI=1S/C10H22O2/c1-4-6-7-8-10(3,11)9-12-5-2/h11H,4-9H2,1-3H3. The molecule has 0 aliphatic heterocycles. The van der Waals surface area contributed by atoms with E-state index in [2.05, 4.69) is 6.92 Å². The Morgan fingerprint density at radius 2 is 1.92 bits per heavy atom. The molecule has 0 fully saturated rings. The van der Waals surface area contributed by atoms with Gasteiger partial charge in [-0.25, -0.2) is 0 Å². The van der Waals surface area contributed by atoms with Crippen molar-refractivity contribution in [2.45, 2.75) is 52.1 Å². The highest BCUT2D eigenvalue weighted by molar-refractivity contribution is 4.71. The lowest BCUT2D eigenvalue weighted by molar-refractivity contribution is -0.0368. The molecule has 0 aliphatic carbocycles. The Balaban J connectivity index is 3.42. The molecule has 1 unspecified atom stereocenters. The van der Waals surface area contributed by atoms with Gasteiger partial charge in [-0.2, -0.15) is 0 Å². The van der Waals surface area contributed by atoms with E-state index >= 15 is 0 Å². The maximum Gasteiger partial charge on any atom is 0.0852 e. The van der Waals surface area contributed by atoms with Crippen LogP contribution in [0.3, 0.4) is 0 Å². The molecule has 0 saturated heterocycles. The van der Waals surface area contributed by atoms with Crippen molar-refractivity contribution in [3.8, 4) is 0 Å². The third-order valence-corrected chi connectivity index (χ3v) is 1.94. The monoisotopic (exact) mass is 174 g/mol.